The van der Waals surface area contributed by atoms with Gasteiger partial charge in [0.15, 0.2) is 17.4 Å². The van der Waals surface area contributed by atoms with E-state index in [4.69, 9.17) is 0 Å². The molecule has 2 aliphatic rings. The van der Waals surface area contributed by atoms with E-state index in [2.05, 4.69) is 55.3 Å². The standard InChI is InChI=1S/C49H54N8O5/c58-43(36-11-2-1-3-12-36)17-8-18-45(60)57-29-26-37(30-38(57)25-27-50-46-39-13-4-6-15-41(39)48(61)54-52-46)35-22-19-33(20-23-35)21-24-44(59)56-28-9-10-34(32-56)31-51-47-40-14-5-7-16-42(40)49(62)55-53-47/h1-7,11-16,19-20,22-23,34,37-38H,8-10,17-18,21,24-32H2,(H,50,52)(H,51,53)(H,54,61)(H,55,62). The van der Waals surface area contributed by atoms with Gasteiger partial charge < -0.3 is 20.4 Å². The fourth-order valence-corrected chi connectivity index (χ4v) is 9.19. The summed E-state index contributed by atoms with van der Waals surface area (Å²) in [5.41, 5.74) is 2.56. The Kier molecular flexibility index (Phi) is 13.5. The highest BCUT2D eigenvalue weighted by Crippen LogP contribution is 2.34. The van der Waals surface area contributed by atoms with Gasteiger partial charge in [-0.05, 0) is 80.0 Å². The summed E-state index contributed by atoms with van der Waals surface area (Å²) in [4.78, 5) is 68.5. The van der Waals surface area contributed by atoms with E-state index in [1.165, 1.54) is 5.56 Å². The molecule has 0 spiro atoms. The molecule has 0 saturated carbocycles. The Morgan fingerprint density at radius 3 is 2.02 bits per heavy atom. The highest BCUT2D eigenvalue weighted by atomic mass is 16.2. The number of H-pyrrole nitrogens is 2. The molecule has 13 heteroatoms. The lowest BCUT2D eigenvalue weighted by Crippen LogP contribution is -2.46. The first-order chi connectivity index (χ1) is 30.3. The van der Waals surface area contributed by atoms with Crippen LogP contribution in [-0.2, 0) is 16.0 Å². The third-order valence-corrected chi connectivity index (χ3v) is 12.6. The molecule has 4 N–H and O–H groups in total. The Balaban J connectivity index is 0.855. The molecule has 3 atom stereocenters. The van der Waals surface area contributed by atoms with Gasteiger partial charge in [0, 0.05) is 74.4 Å². The number of ketones is 1. The summed E-state index contributed by atoms with van der Waals surface area (Å²) in [6, 6.07) is 32.6. The zero-order valence-corrected chi connectivity index (χ0v) is 35.0. The fourth-order valence-electron chi connectivity index (χ4n) is 9.19. The second kappa shape index (κ2) is 19.8. The van der Waals surface area contributed by atoms with Crippen molar-refractivity contribution in [3.05, 3.63) is 141 Å². The van der Waals surface area contributed by atoms with Gasteiger partial charge in [-0.2, -0.15) is 10.2 Å². The number of rotatable bonds is 16. The second-order valence-corrected chi connectivity index (χ2v) is 16.7. The number of fused-ring (bicyclic) bond motifs is 2. The number of amides is 2. The SMILES string of the molecule is O=C(CCCC(=O)N1CCC(c2ccc(CCC(=O)N3CCCC(CNc4n[nH]c(=O)c5ccccc45)C3)cc2)CC1CCNc1n[nH]c(=O)c2ccccc12)c1ccccc1. The minimum Gasteiger partial charge on any atom is -0.368 e. The summed E-state index contributed by atoms with van der Waals surface area (Å²) >= 11 is 0. The molecule has 2 aliphatic heterocycles. The number of aryl methyl sites for hydroxylation is 1. The number of nitrogens with one attached hydrogen (secondary N) is 4. The van der Waals surface area contributed by atoms with E-state index in [9.17, 15) is 24.0 Å². The lowest BCUT2D eigenvalue weighted by Gasteiger charge is -2.40. The molecule has 4 aromatic carbocycles. The molecule has 2 saturated heterocycles. The van der Waals surface area contributed by atoms with Crippen molar-refractivity contribution in [1.82, 2.24) is 30.2 Å². The van der Waals surface area contributed by atoms with Gasteiger partial charge in [0.25, 0.3) is 11.1 Å². The molecule has 62 heavy (non-hydrogen) atoms. The maximum atomic E-state index is 13.8. The first-order valence-corrected chi connectivity index (χ1v) is 22.0. The first-order valence-electron chi connectivity index (χ1n) is 22.0. The van der Waals surface area contributed by atoms with Crippen LogP contribution in [0.15, 0.2) is 113 Å². The van der Waals surface area contributed by atoms with Crippen LogP contribution in [0.4, 0.5) is 11.6 Å². The Labute approximate surface area is 360 Å². The quantitative estimate of drug-likeness (QED) is 0.0744. The minimum absolute atomic E-state index is 0.0270. The summed E-state index contributed by atoms with van der Waals surface area (Å²) < 4.78 is 0. The van der Waals surface area contributed by atoms with Gasteiger partial charge >= 0.3 is 0 Å². The Hall–Kier alpha value is -6.63. The van der Waals surface area contributed by atoms with Crippen molar-refractivity contribution >= 4 is 50.8 Å². The van der Waals surface area contributed by atoms with E-state index < -0.39 is 0 Å². The normalized spacial score (nSPS) is 17.8. The number of carbonyl (C=O) groups is 3. The number of benzene rings is 4. The molecular formula is C49H54N8O5. The Morgan fingerprint density at radius 2 is 1.32 bits per heavy atom. The van der Waals surface area contributed by atoms with Crippen LogP contribution in [0.1, 0.15) is 85.2 Å². The van der Waals surface area contributed by atoms with Crippen molar-refractivity contribution in [2.75, 3.05) is 43.4 Å². The number of carbonyl (C=O) groups excluding carboxylic acids is 3. The lowest BCUT2D eigenvalue weighted by molar-refractivity contribution is -0.135. The summed E-state index contributed by atoms with van der Waals surface area (Å²) in [6.07, 6.45) is 6.53. The van der Waals surface area contributed by atoms with Gasteiger partial charge in [-0.3, -0.25) is 24.0 Å². The van der Waals surface area contributed by atoms with Crippen LogP contribution in [-0.4, -0.2) is 86.6 Å². The van der Waals surface area contributed by atoms with Crippen LogP contribution in [0.2, 0.25) is 0 Å². The third-order valence-electron chi connectivity index (χ3n) is 12.6. The van der Waals surface area contributed by atoms with E-state index in [1.807, 2.05) is 76.5 Å². The topological polar surface area (TPSA) is 173 Å². The van der Waals surface area contributed by atoms with Gasteiger partial charge in [0.05, 0.1) is 10.8 Å². The molecule has 4 heterocycles. The number of aromatic amines is 2. The number of likely N-dealkylation sites (tertiary alicyclic amines) is 2. The molecular weight excluding hydrogens is 781 g/mol. The number of piperidine rings is 2. The minimum atomic E-state index is -0.238. The molecule has 0 aliphatic carbocycles. The average Bonchev–Trinajstić information content (AvgIpc) is 3.32. The predicted molar refractivity (Wildman–Crippen MR) is 242 cm³/mol. The number of Topliss-reactive ketones (excluding diaryl/α,β-unsaturated/α-hetero) is 1. The van der Waals surface area contributed by atoms with Gasteiger partial charge in [0.2, 0.25) is 11.8 Å². The van der Waals surface area contributed by atoms with Crippen molar-refractivity contribution in [2.45, 2.75) is 76.2 Å². The zero-order valence-electron chi connectivity index (χ0n) is 35.0. The molecule has 3 unspecified atom stereocenters. The number of aromatic nitrogens is 4. The van der Waals surface area contributed by atoms with Crippen LogP contribution < -0.4 is 21.8 Å². The van der Waals surface area contributed by atoms with E-state index in [1.54, 1.807) is 12.1 Å². The molecule has 2 fully saturated rings. The highest BCUT2D eigenvalue weighted by molar-refractivity contribution is 5.96. The summed E-state index contributed by atoms with van der Waals surface area (Å²) in [5, 5.41) is 23.2. The monoisotopic (exact) mass is 834 g/mol. The molecule has 0 bridgehead atoms. The number of hydrogen-bond donors (Lipinski definition) is 4. The molecule has 2 amide bonds. The highest BCUT2D eigenvalue weighted by Gasteiger charge is 2.32. The zero-order chi connectivity index (χ0) is 42.8. The maximum Gasteiger partial charge on any atom is 0.272 e. The van der Waals surface area contributed by atoms with Gasteiger partial charge in [-0.15, -0.1) is 0 Å². The Bertz CT molecular complexity index is 2630. The van der Waals surface area contributed by atoms with Crippen LogP contribution in [0.3, 0.4) is 0 Å². The van der Waals surface area contributed by atoms with E-state index in [0.717, 1.165) is 48.6 Å². The smallest absolute Gasteiger partial charge is 0.272 e. The van der Waals surface area contributed by atoms with Crippen molar-refractivity contribution in [3.63, 3.8) is 0 Å². The fraction of sp³-hybridized carbons (Fsp3) is 0.367. The second-order valence-electron chi connectivity index (χ2n) is 16.7. The van der Waals surface area contributed by atoms with E-state index in [-0.39, 0.29) is 46.6 Å². The van der Waals surface area contributed by atoms with Crippen LogP contribution in [0.5, 0.6) is 0 Å². The summed E-state index contributed by atoms with van der Waals surface area (Å²) in [7, 11) is 0. The molecule has 6 aromatic rings. The largest absolute Gasteiger partial charge is 0.368 e. The average molecular weight is 835 g/mol. The third kappa shape index (κ3) is 10.1. The first kappa shape index (κ1) is 42.1. The maximum absolute atomic E-state index is 13.8. The van der Waals surface area contributed by atoms with Crippen molar-refractivity contribution in [1.29, 1.82) is 0 Å². The predicted octanol–water partition coefficient (Wildman–Crippen LogP) is 7.07. The van der Waals surface area contributed by atoms with Gasteiger partial charge in [-0.25, -0.2) is 10.2 Å². The molecule has 2 aromatic heterocycles. The summed E-state index contributed by atoms with van der Waals surface area (Å²) in [5.74, 6) is 2.07. The lowest BCUT2D eigenvalue weighted by atomic mass is 9.83. The van der Waals surface area contributed by atoms with Crippen LogP contribution >= 0.6 is 0 Å². The van der Waals surface area contributed by atoms with Crippen LogP contribution in [0, 0.1) is 5.92 Å². The van der Waals surface area contributed by atoms with Crippen molar-refractivity contribution < 1.29 is 14.4 Å². The number of anilines is 2. The van der Waals surface area contributed by atoms with E-state index in [0.29, 0.717) is 92.7 Å². The van der Waals surface area contributed by atoms with E-state index >= 15 is 0 Å². The molecule has 13 nitrogen and oxygen atoms in total. The van der Waals surface area contributed by atoms with Gasteiger partial charge in [-0.1, -0.05) is 91.0 Å². The van der Waals surface area contributed by atoms with Crippen LogP contribution in [0.25, 0.3) is 21.5 Å². The number of nitrogens with zero attached hydrogens (tertiary/aromatic N) is 4. The summed E-state index contributed by atoms with van der Waals surface area (Å²) in [6.45, 7) is 3.30. The molecule has 0 radical (unpaired) electrons. The Morgan fingerprint density at radius 1 is 0.677 bits per heavy atom. The van der Waals surface area contributed by atoms with Crippen molar-refractivity contribution in [2.24, 2.45) is 5.92 Å². The van der Waals surface area contributed by atoms with Crippen molar-refractivity contribution in [3.8, 4) is 0 Å². The molecule has 8 rings (SSSR count). The number of hydrogen-bond acceptors (Lipinski definition) is 9. The van der Waals surface area contributed by atoms with Gasteiger partial charge in [0.1, 0.15) is 0 Å². The molecule has 320 valence electrons.